The van der Waals surface area contributed by atoms with Gasteiger partial charge in [-0.05, 0) is 24.3 Å². The van der Waals surface area contributed by atoms with Crippen LogP contribution >= 0.6 is 0 Å². The first-order valence-corrected chi connectivity index (χ1v) is 8.47. The summed E-state index contributed by atoms with van der Waals surface area (Å²) in [6.07, 6.45) is 2.84. The molecule has 0 atom stereocenters. The summed E-state index contributed by atoms with van der Waals surface area (Å²) in [5.41, 5.74) is 3.64. The van der Waals surface area contributed by atoms with Gasteiger partial charge in [-0.15, -0.1) is 5.10 Å². The molecule has 0 saturated heterocycles. The summed E-state index contributed by atoms with van der Waals surface area (Å²) in [7, 11) is 2.87. The first-order valence-electron chi connectivity index (χ1n) is 8.47. The van der Waals surface area contributed by atoms with Crippen LogP contribution < -0.4 is 19.6 Å². The van der Waals surface area contributed by atoms with Crippen molar-refractivity contribution in [2.24, 2.45) is 5.10 Å². The molecule has 0 spiro atoms. The van der Waals surface area contributed by atoms with Gasteiger partial charge in [-0.2, -0.15) is 10.1 Å². The maximum absolute atomic E-state index is 11.9. The molecule has 150 valence electrons. The van der Waals surface area contributed by atoms with Crippen LogP contribution in [0.2, 0.25) is 0 Å². The van der Waals surface area contributed by atoms with Crippen molar-refractivity contribution in [1.29, 1.82) is 0 Å². The molecule has 1 aromatic heterocycles. The van der Waals surface area contributed by atoms with Crippen LogP contribution in [-0.2, 0) is 4.79 Å². The van der Waals surface area contributed by atoms with Gasteiger partial charge in [0.05, 0.1) is 26.1 Å². The largest absolute Gasteiger partial charge is 0.504 e. The van der Waals surface area contributed by atoms with Crippen LogP contribution in [0.4, 0.5) is 0 Å². The number of carbonyl (C=O) groups is 1. The van der Waals surface area contributed by atoms with Gasteiger partial charge < -0.3 is 19.3 Å². The SMILES string of the molecule is COc1cc(/C=N/NC(=O)COc2ncn(-c3ccccc3)n2)cc(O)c1OC. The molecule has 0 fully saturated rings. The molecule has 3 rings (SSSR count). The fourth-order valence-corrected chi connectivity index (χ4v) is 2.40. The Bertz CT molecular complexity index is 1000. The number of hydrazone groups is 1. The van der Waals surface area contributed by atoms with E-state index in [1.54, 1.807) is 6.07 Å². The van der Waals surface area contributed by atoms with E-state index in [4.69, 9.17) is 14.2 Å². The molecule has 1 heterocycles. The first kappa shape index (κ1) is 19.7. The van der Waals surface area contributed by atoms with Crippen LogP contribution in [0.1, 0.15) is 5.56 Å². The minimum Gasteiger partial charge on any atom is -0.504 e. The Morgan fingerprint density at radius 1 is 1.24 bits per heavy atom. The fourth-order valence-electron chi connectivity index (χ4n) is 2.40. The van der Waals surface area contributed by atoms with Crippen LogP contribution in [0.3, 0.4) is 0 Å². The fraction of sp³-hybridized carbons (Fsp3) is 0.158. The normalized spacial score (nSPS) is 10.7. The third kappa shape index (κ3) is 5.01. The van der Waals surface area contributed by atoms with E-state index in [9.17, 15) is 9.90 Å². The maximum Gasteiger partial charge on any atom is 0.336 e. The molecular weight excluding hydrogens is 378 g/mol. The van der Waals surface area contributed by atoms with E-state index in [0.717, 1.165) is 5.69 Å². The van der Waals surface area contributed by atoms with Gasteiger partial charge >= 0.3 is 6.01 Å². The molecule has 10 nitrogen and oxygen atoms in total. The summed E-state index contributed by atoms with van der Waals surface area (Å²) in [6.45, 7) is -0.312. The van der Waals surface area contributed by atoms with Crippen molar-refractivity contribution in [3.05, 3.63) is 54.4 Å². The summed E-state index contributed by atoms with van der Waals surface area (Å²) in [5, 5.41) is 17.9. The van der Waals surface area contributed by atoms with E-state index in [1.807, 2.05) is 30.3 Å². The van der Waals surface area contributed by atoms with Gasteiger partial charge in [-0.1, -0.05) is 18.2 Å². The summed E-state index contributed by atoms with van der Waals surface area (Å²) in [4.78, 5) is 15.9. The molecule has 2 aromatic carbocycles. The number of phenolic OH excluding ortho intramolecular Hbond substituents is 1. The van der Waals surface area contributed by atoms with Gasteiger partial charge in [0.15, 0.2) is 18.1 Å². The summed E-state index contributed by atoms with van der Waals surface area (Å²) in [5.74, 6) is -0.0572. The Balaban J connectivity index is 1.53. The molecule has 0 radical (unpaired) electrons. The van der Waals surface area contributed by atoms with Crippen molar-refractivity contribution < 1.29 is 24.1 Å². The molecule has 2 N–H and O–H groups in total. The van der Waals surface area contributed by atoms with E-state index < -0.39 is 5.91 Å². The van der Waals surface area contributed by atoms with Crippen LogP contribution in [-0.4, -0.2) is 52.8 Å². The number of nitrogens with zero attached hydrogens (tertiary/aromatic N) is 4. The third-order valence-electron chi connectivity index (χ3n) is 3.71. The highest BCUT2D eigenvalue weighted by Gasteiger charge is 2.11. The Labute approximate surface area is 166 Å². The third-order valence-corrected chi connectivity index (χ3v) is 3.71. The number of carbonyl (C=O) groups excluding carboxylic acids is 1. The second-order valence-electron chi connectivity index (χ2n) is 5.66. The number of phenols is 1. The van der Waals surface area contributed by atoms with Crippen molar-refractivity contribution >= 4 is 12.1 Å². The number of hydrogen-bond donors (Lipinski definition) is 2. The van der Waals surface area contributed by atoms with E-state index in [-0.39, 0.29) is 24.1 Å². The Hall–Kier alpha value is -4.08. The molecule has 0 saturated carbocycles. The van der Waals surface area contributed by atoms with Crippen LogP contribution in [0.15, 0.2) is 53.9 Å². The lowest BCUT2D eigenvalue weighted by Gasteiger charge is -2.09. The molecule has 1 amide bonds. The monoisotopic (exact) mass is 397 g/mol. The molecular formula is C19H19N5O5. The number of aromatic nitrogens is 3. The Morgan fingerprint density at radius 3 is 2.76 bits per heavy atom. The van der Waals surface area contributed by atoms with Crippen LogP contribution in [0, 0.1) is 0 Å². The van der Waals surface area contributed by atoms with E-state index >= 15 is 0 Å². The Morgan fingerprint density at radius 2 is 2.03 bits per heavy atom. The lowest BCUT2D eigenvalue weighted by atomic mass is 10.2. The number of benzene rings is 2. The van der Waals surface area contributed by atoms with Gasteiger partial charge in [0.1, 0.15) is 6.33 Å². The number of methoxy groups -OCH3 is 2. The van der Waals surface area contributed by atoms with Crippen molar-refractivity contribution in [1.82, 2.24) is 20.2 Å². The zero-order valence-corrected chi connectivity index (χ0v) is 15.8. The lowest BCUT2D eigenvalue weighted by molar-refractivity contribution is -0.123. The van der Waals surface area contributed by atoms with E-state index in [2.05, 4.69) is 20.6 Å². The van der Waals surface area contributed by atoms with Crippen molar-refractivity contribution in [3.8, 4) is 28.9 Å². The number of aromatic hydroxyl groups is 1. The molecule has 0 unspecified atom stereocenters. The van der Waals surface area contributed by atoms with Crippen LogP contribution in [0.25, 0.3) is 5.69 Å². The van der Waals surface area contributed by atoms with E-state index in [0.29, 0.717) is 11.3 Å². The minimum atomic E-state index is -0.498. The lowest BCUT2D eigenvalue weighted by Crippen LogP contribution is -2.24. The van der Waals surface area contributed by atoms with Gasteiger partial charge in [0, 0.05) is 5.56 Å². The molecule has 0 aliphatic heterocycles. The highest BCUT2D eigenvalue weighted by molar-refractivity contribution is 5.84. The van der Waals surface area contributed by atoms with Gasteiger partial charge in [-0.3, -0.25) is 4.79 Å². The second-order valence-corrected chi connectivity index (χ2v) is 5.66. The predicted molar refractivity (Wildman–Crippen MR) is 104 cm³/mol. The highest BCUT2D eigenvalue weighted by atomic mass is 16.5. The first-order chi connectivity index (χ1) is 14.1. The van der Waals surface area contributed by atoms with Gasteiger partial charge in [0.25, 0.3) is 5.91 Å². The predicted octanol–water partition coefficient (Wildman–Crippen LogP) is 1.52. The number of amides is 1. The van der Waals surface area contributed by atoms with Crippen molar-refractivity contribution in [3.63, 3.8) is 0 Å². The maximum atomic E-state index is 11.9. The molecule has 29 heavy (non-hydrogen) atoms. The van der Waals surface area contributed by atoms with E-state index in [1.165, 1.54) is 37.5 Å². The molecule has 3 aromatic rings. The zero-order chi connectivity index (χ0) is 20.6. The number of rotatable bonds is 8. The molecule has 0 bridgehead atoms. The van der Waals surface area contributed by atoms with Crippen LogP contribution in [0.5, 0.6) is 23.3 Å². The Kier molecular flexibility index (Phi) is 6.25. The average molecular weight is 397 g/mol. The van der Waals surface area contributed by atoms with Crippen molar-refractivity contribution in [2.75, 3.05) is 20.8 Å². The quantitative estimate of drug-likeness (QED) is 0.437. The number of para-hydroxylation sites is 1. The smallest absolute Gasteiger partial charge is 0.336 e. The molecule has 0 aliphatic rings. The highest BCUT2D eigenvalue weighted by Crippen LogP contribution is 2.36. The number of ether oxygens (including phenoxy) is 3. The van der Waals surface area contributed by atoms with Gasteiger partial charge in [-0.25, -0.2) is 10.1 Å². The number of hydrogen-bond acceptors (Lipinski definition) is 8. The minimum absolute atomic E-state index is 0.0674. The topological polar surface area (TPSA) is 120 Å². The van der Waals surface area contributed by atoms with Gasteiger partial charge in [0.2, 0.25) is 5.75 Å². The summed E-state index contributed by atoms with van der Waals surface area (Å²) in [6, 6.07) is 12.5. The van der Waals surface area contributed by atoms with Crippen molar-refractivity contribution in [2.45, 2.75) is 0 Å². The zero-order valence-electron chi connectivity index (χ0n) is 15.8. The molecule has 10 heteroatoms. The molecule has 0 aliphatic carbocycles. The summed E-state index contributed by atoms with van der Waals surface area (Å²) >= 11 is 0. The summed E-state index contributed by atoms with van der Waals surface area (Å²) < 4.78 is 17.0. The number of nitrogens with one attached hydrogen (secondary N) is 1. The standard InChI is InChI=1S/C19H19N5O5/c1-27-16-9-13(8-15(25)18(16)28-2)10-21-22-17(26)11-29-19-20-12-24(23-19)14-6-4-3-5-7-14/h3-10,12,25H,11H2,1-2H3,(H,22,26)/b21-10+. The average Bonchev–Trinajstić information content (AvgIpc) is 3.21. The second kappa shape index (κ2) is 9.22.